The van der Waals surface area contributed by atoms with Crippen LogP contribution in [0.25, 0.3) is 0 Å². The van der Waals surface area contributed by atoms with E-state index in [1.165, 1.54) is 98.2 Å². The number of esters is 1. The van der Waals surface area contributed by atoms with Gasteiger partial charge in [0, 0.05) is 0 Å². The Hall–Kier alpha value is 0.619. The average molecular weight is 434 g/mol. The Morgan fingerprint density at radius 2 is 1.27 bits per heavy atom. The van der Waals surface area contributed by atoms with Crippen LogP contribution in [0.15, 0.2) is 0 Å². The molecule has 0 N–H and O–H groups in total. The summed E-state index contributed by atoms with van der Waals surface area (Å²) in [7, 11) is 1.80. The Morgan fingerprint density at radius 3 is 1.73 bits per heavy atom. The summed E-state index contributed by atoms with van der Waals surface area (Å²) in [6.07, 6.45) is 18.0. The number of hydrogen-bond acceptors (Lipinski definition) is 3. The van der Waals surface area contributed by atoms with Crippen LogP contribution in [0, 0.1) is 0 Å². The van der Waals surface area contributed by atoms with E-state index in [0.29, 0.717) is 13.0 Å². The third-order valence-electron chi connectivity index (χ3n) is 3.93. The van der Waals surface area contributed by atoms with Crippen LogP contribution in [0.3, 0.4) is 0 Å². The normalized spacial score (nSPS) is 10.8. The predicted molar refractivity (Wildman–Crippen MR) is 99.5 cm³/mol. The minimum absolute atomic E-state index is 0.00655. The molecule has 0 aromatic carbocycles. The van der Waals surface area contributed by atoms with Gasteiger partial charge in [0.1, 0.15) is 0 Å². The van der Waals surface area contributed by atoms with Crippen LogP contribution in [0.2, 0.25) is 0 Å². The van der Waals surface area contributed by atoms with E-state index in [2.05, 4.69) is 6.92 Å². The molecule has 0 fully saturated rings. The van der Waals surface area contributed by atoms with Crippen molar-refractivity contribution < 1.29 is 9.53 Å². The quantitative estimate of drug-likeness (QED) is 0.164. The minimum atomic E-state index is -0.00655. The standard InChI is InChI=1S/C18H36O2S.Sn/c1-2-3-4-5-6-7-8-9-10-11-12-13-14-15-18(19)20-16-17-21;/h21H,2-17H2,1H3;/q;+1/p-1. The van der Waals surface area contributed by atoms with Gasteiger partial charge in [-0.05, 0) is 0 Å². The topological polar surface area (TPSA) is 26.3 Å². The third kappa shape index (κ3) is 18.7. The maximum absolute atomic E-state index is 11.4. The molecule has 0 spiro atoms. The summed E-state index contributed by atoms with van der Waals surface area (Å²) < 4.78 is 5.14. The van der Waals surface area contributed by atoms with Crippen LogP contribution < -0.4 is 0 Å². The zero-order chi connectivity index (χ0) is 16.3. The molecule has 0 saturated heterocycles. The number of hydrogen-bond donors (Lipinski definition) is 0. The average Bonchev–Trinajstić information content (AvgIpc) is 2.52. The molecular weight excluding hydrogens is 399 g/mol. The van der Waals surface area contributed by atoms with E-state index in [1.807, 2.05) is 0 Å². The first kappa shape index (κ1) is 22.6. The number of ether oxygens (including phenoxy) is 1. The third-order valence-corrected chi connectivity index (χ3v) is 6.05. The Balaban J connectivity index is 3.06. The van der Waals surface area contributed by atoms with Gasteiger partial charge in [0.15, 0.2) is 0 Å². The van der Waals surface area contributed by atoms with Gasteiger partial charge in [0.25, 0.3) is 0 Å². The molecule has 0 unspecified atom stereocenters. The van der Waals surface area contributed by atoms with E-state index in [-0.39, 0.29) is 5.97 Å². The van der Waals surface area contributed by atoms with Crippen LogP contribution in [0.5, 0.6) is 0 Å². The van der Waals surface area contributed by atoms with Gasteiger partial charge in [-0.3, -0.25) is 0 Å². The van der Waals surface area contributed by atoms with Crippen molar-refractivity contribution in [1.82, 2.24) is 0 Å². The second-order valence-electron chi connectivity index (χ2n) is 6.06. The van der Waals surface area contributed by atoms with Gasteiger partial charge in [0.2, 0.25) is 0 Å². The summed E-state index contributed by atoms with van der Waals surface area (Å²) >= 11 is 1.45. The van der Waals surface area contributed by atoms with E-state index < -0.39 is 0 Å². The van der Waals surface area contributed by atoms with Crippen molar-refractivity contribution >= 4 is 36.1 Å². The van der Waals surface area contributed by atoms with Crippen molar-refractivity contribution in [3.63, 3.8) is 0 Å². The summed E-state index contributed by atoms with van der Waals surface area (Å²) in [4.78, 5) is 11.4. The molecule has 129 valence electrons. The molecule has 22 heavy (non-hydrogen) atoms. The van der Waals surface area contributed by atoms with Crippen LogP contribution in [0.1, 0.15) is 96.8 Å². The number of carbonyl (C=O) groups is 1. The van der Waals surface area contributed by atoms with Crippen molar-refractivity contribution in [2.45, 2.75) is 96.8 Å². The molecule has 2 nitrogen and oxygen atoms in total. The Kier molecular flexibility index (Phi) is 20.2. The van der Waals surface area contributed by atoms with Crippen LogP contribution >= 0.6 is 8.95 Å². The molecule has 3 radical (unpaired) electrons. The molecule has 0 aromatic rings. The summed E-state index contributed by atoms with van der Waals surface area (Å²) in [5, 5.41) is 0. The molecule has 0 amide bonds. The summed E-state index contributed by atoms with van der Waals surface area (Å²) in [5.41, 5.74) is 0. The molecule has 0 atom stereocenters. The fourth-order valence-corrected chi connectivity index (χ4v) is 3.44. The molecule has 0 aliphatic heterocycles. The molecule has 0 saturated carbocycles. The zero-order valence-corrected chi connectivity index (χ0v) is 18.2. The molecule has 0 aromatic heterocycles. The number of carbonyl (C=O) groups excluding carboxylic acids is 1. The first-order valence-corrected chi connectivity index (χ1v) is 13.7. The summed E-state index contributed by atoms with van der Waals surface area (Å²) in [6.45, 7) is 2.86. The van der Waals surface area contributed by atoms with Crippen LogP contribution in [-0.4, -0.2) is 39.5 Å². The van der Waals surface area contributed by atoms with Gasteiger partial charge in [-0.1, -0.05) is 51.9 Å². The second-order valence-corrected chi connectivity index (χ2v) is 9.23. The van der Waals surface area contributed by atoms with Crippen molar-refractivity contribution in [2.24, 2.45) is 0 Å². The first-order chi connectivity index (χ1) is 10.8. The number of rotatable bonds is 17. The van der Waals surface area contributed by atoms with Gasteiger partial charge < -0.3 is 0 Å². The zero-order valence-electron chi connectivity index (χ0n) is 14.5. The number of unbranched alkanes of at least 4 members (excludes halogenated alkanes) is 12. The molecular formula is C18H35O2SSn. The van der Waals surface area contributed by atoms with Gasteiger partial charge in [-0.2, -0.15) is 0 Å². The molecule has 4 heteroatoms. The van der Waals surface area contributed by atoms with Crippen molar-refractivity contribution in [3.8, 4) is 0 Å². The SMILES string of the molecule is CCCCCCCCCCCCCCCC(=O)OCC[S][Sn]. The van der Waals surface area contributed by atoms with E-state index in [4.69, 9.17) is 4.74 Å². The molecule has 0 rings (SSSR count). The second kappa shape index (κ2) is 19.7. The fraction of sp³-hybridized carbons (Fsp3) is 0.944. The molecule has 0 heterocycles. The van der Waals surface area contributed by atoms with E-state index in [1.54, 1.807) is 8.95 Å². The van der Waals surface area contributed by atoms with Crippen molar-refractivity contribution in [3.05, 3.63) is 0 Å². The fourth-order valence-electron chi connectivity index (χ4n) is 2.56. The van der Waals surface area contributed by atoms with Gasteiger partial charge in [-0.25, -0.2) is 0 Å². The maximum atomic E-state index is 11.4. The Bertz CT molecular complexity index is 237. The molecule has 0 aliphatic rings. The van der Waals surface area contributed by atoms with Crippen LogP contribution in [0.4, 0.5) is 0 Å². The summed E-state index contributed by atoms with van der Waals surface area (Å²) in [6, 6.07) is 0. The van der Waals surface area contributed by atoms with Crippen molar-refractivity contribution in [1.29, 1.82) is 0 Å². The summed E-state index contributed by atoms with van der Waals surface area (Å²) in [5.74, 6) is 0.941. The van der Waals surface area contributed by atoms with Crippen molar-refractivity contribution in [2.75, 3.05) is 12.4 Å². The predicted octanol–water partition coefficient (Wildman–Crippen LogP) is 5.83. The molecule has 0 aliphatic carbocycles. The van der Waals surface area contributed by atoms with E-state index in [9.17, 15) is 4.79 Å². The monoisotopic (exact) mass is 435 g/mol. The Labute approximate surface area is 154 Å². The Morgan fingerprint density at radius 1 is 0.818 bits per heavy atom. The first-order valence-electron chi connectivity index (χ1n) is 9.25. The van der Waals surface area contributed by atoms with Gasteiger partial charge in [0.05, 0.1) is 0 Å². The molecule has 0 bridgehead atoms. The van der Waals surface area contributed by atoms with Gasteiger partial charge in [-0.15, -0.1) is 0 Å². The van der Waals surface area contributed by atoms with Gasteiger partial charge >= 0.3 is 103 Å². The van der Waals surface area contributed by atoms with E-state index in [0.717, 1.165) is 12.2 Å². The van der Waals surface area contributed by atoms with Crippen LogP contribution in [-0.2, 0) is 9.53 Å². The van der Waals surface area contributed by atoms with E-state index >= 15 is 0 Å².